The average Bonchev–Trinajstić information content (AvgIpc) is 3.72. The van der Waals surface area contributed by atoms with Crippen LogP contribution in [0.25, 0.3) is 87.6 Å². The smallest absolute Gasteiger partial charge is 0.143 e. The molecule has 1 heterocycles. The summed E-state index contributed by atoms with van der Waals surface area (Å²) < 4.78 is 82.7. The average molecular weight is 722 g/mol. The van der Waals surface area contributed by atoms with Gasteiger partial charge in [0, 0.05) is 33.2 Å². The molecule has 0 radical (unpaired) electrons. The molecule has 0 atom stereocenters. The molecular weight excluding hydrogens is 679 g/mol. The Morgan fingerprint density at radius 1 is 0.339 bits per heavy atom. The first kappa shape index (κ1) is 24.8. The Balaban J connectivity index is 1.14. The third-order valence-electron chi connectivity index (χ3n) is 10.6. The molecule has 0 amide bonds. The largest absolute Gasteiger partial charge is 0.455 e. The van der Waals surface area contributed by atoms with E-state index in [4.69, 9.17) is 4.42 Å². The van der Waals surface area contributed by atoms with E-state index < -0.39 is 24.2 Å². The zero-order valence-electron chi connectivity index (χ0n) is 37.9. The molecule has 0 aliphatic heterocycles. The topological polar surface area (TPSA) is 16.4 Å². The third-order valence-corrected chi connectivity index (χ3v) is 10.6. The van der Waals surface area contributed by atoms with E-state index in [9.17, 15) is 11.0 Å². The fourth-order valence-electron chi connectivity index (χ4n) is 7.95. The summed E-state index contributed by atoms with van der Waals surface area (Å²) in [6, 6.07) is 48.8. The maximum atomic E-state index is 9.60. The summed E-state index contributed by atoms with van der Waals surface area (Å²) >= 11 is 0. The predicted octanol–water partition coefficient (Wildman–Crippen LogP) is 15.5. The van der Waals surface area contributed by atoms with Crippen LogP contribution in [-0.2, 0) is 0 Å². The summed E-state index contributed by atoms with van der Waals surface area (Å²) in [7, 11) is 0. The molecular formula is C54H35NO. The highest BCUT2D eigenvalue weighted by Gasteiger charge is 2.17. The molecule has 2 nitrogen and oxygen atoms in total. The van der Waals surface area contributed by atoms with E-state index in [-0.39, 0.29) is 46.7 Å². The SMILES string of the molecule is [2H]c1c([2H])c(N(c2ccc(-c3cccc4oc5c6ccccc6ccc5c34)cc2)c2c([2H])c([2H])c(-c3cccc4ccccc34)c([2H])c2[2H])c([2H])c([2H])c1-c1cccc2ccccc12. The lowest BCUT2D eigenvalue weighted by Crippen LogP contribution is -2.09. The van der Waals surface area contributed by atoms with Gasteiger partial charge in [-0.1, -0.05) is 164 Å². The molecule has 0 fully saturated rings. The monoisotopic (exact) mass is 721 g/mol. The van der Waals surface area contributed by atoms with Crippen LogP contribution in [0.3, 0.4) is 0 Å². The highest BCUT2D eigenvalue weighted by atomic mass is 16.3. The normalized spacial score (nSPS) is 13.6. The lowest BCUT2D eigenvalue weighted by Gasteiger charge is -2.26. The van der Waals surface area contributed by atoms with Crippen molar-refractivity contribution in [1.29, 1.82) is 0 Å². The van der Waals surface area contributed by atoms with Crippen LogP contribution in [0.5, 0.6) is 0 Å². The van der Waals surface area contributed by atoms with Crippen LogP contribution in [0.1, 0.15) is 11.0 Å². The van der Waals surface area contributed by atoms with E-state index in [1.165, 1.54) is 4.90 Å². The molecule has 11 rings (SSSR count). The summed E-state index contributed by atoms with van der Waals surface area (Å²) in [5.41, 5.74) is 4.43. The Morgan fingerprint density at radius 3 is 1.41 bits per heavy atom. The van der Waals surface area contributed by atoms with Gasteiger partial charge in [-0.2, -0.15) is 0 Å². The number of furan rings is 1. The van der Waals surface area contributed by atoms with Gasteiger partial charge in [0.1, 0.15) is 11.2 Å². The van der Waals surface area contributed by atoms with Crippen molar-refractivity contribution in [3.05, 3.63) is 212 Å². The lowest BCUT2D eigenvalue weighted by atomic mass is 9.97. The predicted molar refractivity (Wildman–Crippen MR) is 237 cm³/mol. The van der Waals surface area contributed by atoms with E-state index >= 15 is 0 Å². The second kappa shape index (κ2) is 13.2. The fourth-order valence-corrected chi connectivity index (χ4v) is 7.95. The Morgan fingerprint density at radius 2 is 0.821 bits per heavy atom. The summed E-state index contributed by atoms with van der Waals surface area (Å²) in [6.45, 7) is 0. The third kappa shape index (κ3) is 5.34. The standard InChI is InChI=1S/C54H35NO/c1-4-15-45-36(10-1)13-7-18-47(45)39-22-29-42(30-23-39)55(43-31-24-40(25-32-43)48-19-8-14-37-11-2-5-16-46(37)48)44-33-26-41(27-34-44)49-20-9-21-52-53(49)51-35-28-38-12-3-6-17-50(38)54(51)56-52/h1-35H/i22D,23D,24D,25D,29D,30D,31D,32D. The van der Waals surface area contributed by atoms with Crippen molar-refractivity contribution in [1.82, 2.24) is 0 Å². The van der Waals surface area contributed by atoms with Crippen LogP contribution in [0.15, 0.2) is 217 Å². The van der Waals surface area contributed by atoms with Gasteiger partial charge in [0.05, 0.1) is 11.0 Å². The molecule has 0 aliphatic carbocycles. The second-order valence-electron chi connectivity index (χ2n) is 13.8. The molecule has 0 N–H and O–H groups in total. The Hall–Kier alpha value is -7.42. The van der Waals surface area contributed by atoms with Gasteiger partial charge in [-0.05, 0) is 109 Å². The highest BCUT2D eigenvalue weighted by Crippen LogP contribution is 2.42. The number of fused-ring (bicyclic) bond motifs is 7. The maximum Gasteiger partial charge on any atom is 0.143 e. The van der Waals surface area contributed by atoms with E-state index in [2.05, 4.69) is 18.2 Å². The molecule has 2 heteroatoms. The zero-order valence-corrected chi connectivity index (χ0v) is 29.9. The first-order valence-electron chi connectivity index (χ1n) is 22.5. The quantitative estimate of drug-likeness (QED) is 0.170. The van der Waals surface area contributed by atoms with Crippen LogP contribution >= 0.6 is 0 Å². The number of hydrogen-bond acceptors (Lipinski definition) is 2. The van der Waals surface area contributed by atoms with Crippen LogP contribution in [0.4, 0.5) is 17.1 Å². The number of nitrogens with zero attached hydrogens (tertiary/aromatic N) is 1. The van der Waals surface area contributed by atoms with E-state index in [1.54, 1.807) is 24.3 Å². The van der Waals surface area contributed by atoms with Crippen molar-refractivity contribution in [3.8, 4) is 33.4 Å². The van der Waals surface area contributed by atoms with Crippen molar-refractivity contribution >= 4 is 71.3 Å². The van der Waals surface area contributed by atoms with Crippen LogP contribution in [0, 0.1) is 0 Å². The molecule has 0 bridgehead atoms. The molecule has 1 aromatic heterocycles. The Labute approximate surface area is 336 Å². The first-order valence-corrected chi connectivity index (χ1v) is 18.5. The van der Waals surface area contributed by atoms with Gasteiger partial charge in [0.15, 0.2) is 0 Å². The second-order valence-corrected chi connectivity index (χ2v) is 13.8. The van der Waals surface area contributed by atoms with Crippen LogP contribution < -0.4 is 4.90 Å². The highest BCUT2D eigenvalue weighted by molar-refractivity contribution is 6.19. The molecule has 0 saturated heterocycles. The number of hydrogen-bond donors (Lipinski definition) is 0. The van der Waals surface area contributed by atoms with Crippen molar-refractivity contribution in [2.75, 3.05) is 4.90 Å². The minimum Gasteiger partial charge on any atom is -0.455 e. The van der Waals surface area contributed by atoms with Gasteiger partial charge in [-0.3, -0.25) is 0 Å². The van der Waals surface area contributed by atoms with Crippen molar-refractivity contribution < 1.29 is 15.4 Å². The minimum absolute atomic E-state index is 0.116. The summed E-state index contributed by atoms with van der Waals surface area (Å²) in [6.07, 6.45) is 0. The van der Waals surface area contributed by atoms with Crippen molar-refractivity contribution in [3.63, 3.8) is 0 Å². The van der Waals surface area contributed by atoms with Gasteiger partial charge in [0.25, 0.3) is 0 Å². The molecule has 262 valence electrons. The lowest BCUT2D eigenvalue weighted by molar-refractivity contribution is 0.673. The van der Waals surface area contributed by atoms with E-state index in [0.717, 1.165) is 65.4 Å². The van der Waals surface area contributed by atoms with Crippen LogP contribution in [-0.4, -0.2) is 0 Å². The number of anilines is 3. The van der Waals surface area contributed by atoms with Crippen LogP contribution in [0.2, 0.25) is 0 Å². The van der Waals surface area contributed by atoms with Gasteiger partial charge < -0.3 is 9.32 Å². The Kier molecular flexibility index (Phi) is 5.83. The van der Waals surface area contributed by atoms with E-state index in [0.29, 0.717) is 16.8 Å². The molecule has 0 unspecified atom stereocenters. The summed E-state index contributed by atoms with van der Waals surface area (Å²) in [5, 5.41) is 7.26. The molecule has 0 spiro atoms. The van der Waals surface area contributed by atoms with Crippen molar-refractivity contribution in [2.45, 2.75) is 0 Å². The number of rotatable bonds is 6. The minimum atomic E-state index is -0.398. The summed E-state index contributed by atoms with van der Waals surface area (Å²) in [5.74, 6) is 0. The van der Waals surface area contributed by atoms with Gasteiger partial charge >= 0.3 is 0 Å². The van der Waals surface area contributed by atoms with Crippen molar-refractivity contribution in [2.24, 2.45) is 0 Å². The first-order chi connectivity index (χ1) is 31.1. The maximum absolute atomic E-state index is 9.60. The fraction of sp³-hybridized carbons (Fsp3) is 0. The molecule has 56 heavy (non-hydrogen) atoms. The van der Waals surface area contributed by atoms with Gasteiger partial charge in [-0.25, -0.2) is 0 Å². The molecule has 11 aromatic rings. The Bertz CT molecular complexity index is 3510. The molecule has 0 saturated carbocycles. The number of benzene rings is 10. The molecule has 10 aromatic carbocycles. The van der Waals surface area contributed by atoms with Gasteiger partial charge in [0.2, 0.25) is 0 Å². The van der Waals surface area contributed by atoms with E-state index in [1.807, 2.05) is 121 Å². The van der Waals surface area contributed by atoms with Gasteiger partial charge in [-0.15, -0.1) is 0 Å². The summed E-state index contributed by atoms with van der Waals surface area (Å²) in [4.78, 5) is 1.35. The molecule has 0 aliphatic rings. The zero-order chi connectivity index (χ0) is 44.0.